The molecule has 0 aromatic carbocycles. The zero-order chi connectivity index (χ0) is 10.5. The molecule has 0 fully saturated rings. The minimum Gasteiger partial charge on any atom is -0.252 e. The van der Waals surface area contributed by atoms with Crippen LogP contribution in [0.5, 0.6) is 0 Å². The molecule has 0 unspecified atom stereocenters. The highest BCUT2D eigenvalue weighted by Crippen LogP contribution is 3.04. The number of hydrogen-bond acceptors (Lipinski definition) is 1. The Morgan fingerprint density at radius 3 is 1.25 bits per heavy atom. The van der Waals surface area contributed by atoms with Crippen molar-refractivity contribution >= 4 is 16.3 Å². The van der Waals surface area contributed by atoms with Crippen molar-refractivity contribution in [1.29, 1.82) is 0 Å². The summed E-state index contributed by atoms with van der Waals surface area (Å²) in [5.74, 6) is 0. The highest BCUT2D eigenvalue weighted by molar-refractivity contribution is 8.47. The molecule has 0 aliphatic rings. The Kier molecular flexibility index (Phi) is 1.62. The number of halogens is 8. The molecule has 12 heavy (non-hydrogen) atoms. The molecule has 76 valence electrons. The fourth-order valence-corrected chi connectivity index (χ4v) is 0.455. The number of carbonyl (C=O) groups excluding carboxylic acids is 1. The van der Waals surface area contributed by atoms with Crippen LogP contribution < -0.4 is 0 Å². The second-order valence-corrected chi connectivity index (χ2v) is 4.21. The lowest BCUT2D eigenvalue weighted by Crippen LogP contribution is -2.38. The summed E-state index contributed by atoms with van der Waals surface area (Å²) in [4.78, 5) is 8.94. The minimum absolute atomic E-state index is 4.42. The van der Waals surface area contributed by atoms with Gasteiger partial charge in [0.15, 0.2) is 0 Å². The van der Waals surface area contributed by atoms with Crippen LogP contribution in [0.2, 0.25) is 0 Å². The Morgan fingerprint density at radius 2 is 1.25 bits per heavy atom. The molecule has 0 radical (unpaired) electrons. The van der Waals surface area contributed by atoms with Crippen molar-refractivity contribution in [3.63, 3.8) is 0 Å². The summed E-state index contributed by atoms with van der Waals surface area (Å²) in [7, 11) is -11.4. The molecule has 0 aliphatic heterocycles. The predicted molar refractivity (Wildman–Crippen MR) is 24.2 cm³/mol. The molecular formula is C2F8OS. The monoisotopic (exact) mass is 224 g/mol. The first-order valence-corrected chi connectivity index (χ1v) is 3.95. The summed E-state index contributed by atoms with van der Waals surface area (Å²) in [6.45, 7) is 0. The van der Waals surface area contributed by atoms with Gasteiger partial charge in [-0.3, -0.25) is 4.79 Å². The van der Waals surface area contributed by atoms with Crippen LogP contribution in [-0.4, -0.2) is 11.3 Å². The number of carbonyl (C=O) groups is 1. The van der Waals surface area contributed by atoms with E-state index in [-0.39, 0.29) is 0 Å². The molecule has 0 spiro atoms. The number of alkyl halides is 2. The van der Waals surface area contributed by atoms with Crippen molar-refractivity contribution in [2.45, 2.75) is 5.25 Å². The normalized spacial score (nSPS) is 19.7. The van der Waals surface area contributed by atoms with Gasteiger partial charge in [0, 0.05) is 0 Å². The molecule has 0 heterocycles. The van der Waals surface area contributed by atoms with Crippen LogP contribution in [0.3, 0.4) is 0 Å². The molecule has 1 nitrogen and oxygen atoms in total. The zero-order valence-electron chi connectivity index (χ0n) is 4.84. The summed E-state index contributed by atoms with van der Waals surface area (Å²) in [6, 6.07) is -4.42. The van der Waals surface area contributed by atoms with E-state index in [4.69, 9.17) is 4.79 Å². The van der Waals surface area contributed by atoms with E-state index in [1.54, 1.807) is 0 Å². The Hall–Kier alpha value is -0.540. The van der Waals surface area contributed by atoms with E-state index >= 15 is 0 Å². The fraction of sp³-hybridized carbons (Fsp3) is 0.500. The van der Waals surface area contributed by atoms with Crippen LogP contribution in [0.15, 0.2) is 0 Å². The Balaban J connectivity index is 5.50. The van der Waals surface area contributed by atoms with Crippen LogP contribution in [-0.2, 0) is 4.79 Å². The van der Waals surface area contributed by atoms with Crippen molar-refractivity contribution in [2.75, 3.05) is 0 Å². The van der Waals surface area contributed by atoms with Crippen LogP contribution in [0.4, 0.5) is 32.6 Å². The molecule has 0 N–H and O–H groups in total. The smallest absolute Gasteiger partial charge is 0.252 e. The molecule has 0 aromatic heterocycles. The van der Waals surface area contributed by atoms with Gasteiger partial charge in [-0.15, -0.1) is 0 Å². The van der Waals surface area contributed by atoms with Gasteiger partial charge < -0.3 is 0 Å². The van der Waals surface area contributed by atoms with Gasteiger partial charge in [-0.2, -0.15) is 13.2 Å². The van der Waals surface area contributed by atoms with Crippen LogP contribution in [0.25, 0.3) is 0 Å². The van der Waals surface area contributed by atoms with Crippen molar-refractivity contribution in [3.05, 3.63) is 0 Å². The first kappa shape index (κ1) is 11.5. The van der Waals surface area contributed by atoms with Crippen molar-refractivity contribution in [2.24, 2.45) is 0 Å². The number of rotatable bonds is 2. The third-order valence-corrected chi connectivity index (χ3v) is 1.84. The topological polar surface area (TPSA) is 17.1 Å². The molecule has 0 rings (SSSR count). The lowest BCUT2D eigenvalue weighted by atomic mass is 10.8. The van der Waals surface area contributed by atoms with Crippen LogP contribution in [0.1, 0.15) is 0 Å². The molecule has 0 saturated carbocycles. The maximum absolute atomic E-state index is 11.4. The molecule has 0 aromatic rings. The van der Waals surface area contributed by atoms with Gasteiger partial charge in [-0.1, -0.05) is 19.4 Å². The van der Waals surface area contributed by atoms with Crippen molar-refractivity contribution < 1.29 is 37.4 Å². The zero-order valence-corrected chi connectivity index (χ0v) is 5.66. The van der Waals surface area contributed by atoms with Crippen molar-refractivity contribution in [1.82, 2.24) is 0 Å². The largest absolute Gasteiger partial charge is 0.470 e. The Morgan fingerprint density at radius 1 is 1.00 bits per heavy atom. The van der Waals surface area contributed by atoms with Crippen LogP contribution >= 0.6 is 10.2 Å². The van der Waals surface area contributed by atoms with Gasteiger partial charge in [-0.25, -0.2) is 0 Å². The van der Waals surface area contributed by atoms with Crippen LogP contribution in [0, 0.1) is 0 Å². The third kappa shape index (κ3) is 1.62. The molecular weight excluding hydrogens is 224 g/mol. The molecule has 10 heteroatoms. The summed E-state index contributed by atoms with van der Waals surface area (Å²) >= 11 is 0. The van der Waals surface area contributed by atoms with E-state index < -0.39 is 21.5 Å². The Labute approximate surface area is 60.1 Å². The van der Waals surface area contributed by atoms with Gasteiger partial charge in [0.2, 0.25) is 0 Å². The summed E-state index contributed by atoms with van der Waals surface area (Å²) in [6.07, 6.45) is 0. The van der Waals surface area contributed by atoms with E-state index in [2.05, 4.69) is 0 Å². The van der Waals surface area contributed by atoms with E-state index in [1.807, 2.05) is 0 Å². The highest BCUT2D eigenvalue weighted by Gasteiger charge is 2.87. The predicted octanol–water partition coefficient (Wildman–Crippen LogP) is 3.37. The van der Waals surface area contributed by atoms with Gasteiger partial charge in [-0.05, 0) is 0 Å². The molecule has 0 atom stereocenters. The van der Waals surface area contributed by atoms with Gasteiger partial charge in [0.05, 0.1) is 0 Å². The molecule has 0 saturated heterocycles. The second-order valence-electron chi connectivity index (χ2n) is 1.76. The first-order valence-electron chi connectivity index (χ1n) is 2.00. The maximum Gasteiger partial charge on any atom is 0.470 e. The highest BCUT2D eigenvalue weighted by atomic mass is 32.5. The number of hydrogen-bond donors (Lipinski definition) is 0. The van der Waals surface area contributed by atoms with E-state index in [9.17, 15) is 32.6 Å². The average Bonchev–Trinajstić information content (AvgIpc) is 1.56. The third-order valence-electron chi connectivity index (χ3n) is 0.713. The summed E-state index contributed by atoms with van der Waals surface area (Å²) < 4.78 is 88.6. The average molecular weight is 224 g/mol. The fourth-order valence-electron chi connectivity index (χ4n) is 0.152. The first-order chi connectivity index (χ1) is 4.69. The SMILES string of the molecule is O=C(F)C(F)(F)S(F)(F)(F)(F)F. The lowest BCUT2D eigenvalue weighted by molar-refractivity contribution is -0.148. The summed E-state index contributed by atoms with van der Waals surface area (Å²) in [5, 5.41) is -7.21. The minimum atomic E-state index is -11.4. The molecule has 0 aliphatic carbocycles. The van der Waals surface area contributed by atoms with Gasteiger partial charge in [0.1, 0.15) is 0 Å². The van der Waals surface area contributed by atoms with E-state index in [0.29, 0.717) is 0 Å². The quantitative estimate of drug-likeness (QED) is 0.519. The van der Waals surface area contributed by atoms with Crippen molar-refractivity contribution in [3.8, 4) is 0 Å². The van der Waals surface area contributed by atoms with E-state index in [0.717, 1.165) is 0 Å². The second kappa shape index (κ2) is 1.70. The lowest BCUT2D eigenvalue weighted by Gasteiger charge is -2.43. The Bertz CT molecular complexity index is 221. The summed E-state index contributed by atoms with van der Waals surface area (Å²) in [5.41, 5.74) is 0. The van der Waals surface area contributed by atoms with Gasteiger partial charge in [0.25, 0.3) is 0 Å². The standard InChI is InChI=1S/C2F8OS/c3-1(11)2(4,5)12(6,7,8,9)10. The molecule has 0 amide bonds. The van der Waals surface area contributed by atoms with Gasteiger partial charge >= 0.3 is 21.5 Å². The molecule has 0 bridgehead atoms. The maximum atomic E-state index is 11.3. The van der Waals surface area contributed by atoms with E-state index in [1.165, 1.54) is 0 Å².